The lowest BCUT2D eigenvalue weighted by molar-refractivity contribution is -0.385. The number of likely N-dealkylation sites (N-methyl/N-ethyl adjacent to an activating group) is 1. The zero-order chi connectivity index (χ0) is 17.7. The summed E-state index contributed by atoms with van der Waals surface area (Å²) >= 11 is 6.05. The molecule has 0 radical (unpaired) electrons. The van der Waals surface area contributed by atoms with E-state index in [2.05, 4.69) is 10.3 Å². The molecule has 24 heavy (non-hydrogen) atoms. The van der Waals surface area contributed by atoms with Gasteiger partial charge in [0.05, 0.1) is 9.95 Å². The number of nitro groups is 1. The Morgan fingerprint density at radius 1 is 1.38 bits per heavy atom. The Morgan fingerprint density at radius 2 is 2.04 bits per heavy atom. The highest BCUT2D eigenvalue weighted by molar-refractivity contribution is 6.33. The SMILES string of the molecule is CN(C)C(=O)[C@H](Cc1ccccc1)Nc1ncc([N+](=O)[O-])cc1Cl. The molecule has 0 saturated carbocycles. The Hall–Kier alpha value is -2.67. The lowest BCUT2D eigenvalue weighted by atomic mass is 10.0. The number of nitrogens with zero attached hydrogens (tertiary/aromatic N) is 3. The second kappa shape index (κ2) is 7.74. The van der Waals surface area contributed by atoms with E-state index >= 15 is 0 Å². The molecule has 1 aromatic carbocycles. The van der Waals surface area contributed by atoms with E-state index in [1.165, 1.54) is 11.0 Å². The van der Waals surface area contributed by atoms with Gasteiger partial charge in [0, 0.05) is 26.6 Å². The number of benzene rings is 1. The lowest BCUT2D eigenvalue weighted by Crippen LogP contribution is -2.40. The Bertz CT molecular complexity index is 737. The maximum atomic E-state index is 12.4. The molecule has 1 heterocycles. The van der Waals surface area contributed by atoms with E-state index in [-0.39, 0.29) is 22.4 Å². The van der Waals surface area contributed by atoms with Crippen LogP contribution in [0.5, 0.6) is 0 Å². The Kier molecular flexibility index (Phi) is 5.70. The second-order valence-corrected chi connectivity index (χ2v) is 5.81. The summed E-state index contributed by atoms with van der Waals surface area (Å²) in [5, 5.41) is 13.8. The molecular weight excluding hydrogens is 332 g/mol. The quantitative estimate of drug-likeness (QED) is 0.640. The highest BCUT2D eigenvalue weighted by Crippen LogP contribution is 2.25. The molecule has 0 unspecified atom stereocenters. The van der Waals surface area contributed by atoms with Gasteiger partial charge < -0.3 is 10.2 Å². The van der Waals surface area contributed by atoms with Gasteiger partial charge in [-0.3, -0.25) is 14.9 Å². The molecule has 8 heteroatoms. The van der Waals surface area contributed by atoms with Crippen molar-refractivity contribution in [1.29, 1.82) is 0 Å². The monoisotopic (exact) mass is 348 g/mol. The summed E-state index contributed by atoms with van der Waals surface area (Å²) in [4.78, 5) is 28.0. The van der Waals surface area contributed by atoms with Crippen molar-refractivity contribution < 1.29 is 9.72 Å². The molecule has 0 bridgehead atoms. The van der Waals surface area contributed by atoms with Crippen molar-refractivity contribution in [3.63, 3.8) is 0 Å². The molecule has 0 saturated heterocycles. The van der Waals surface area contributed by atoms with Crippen LogP contribution in [0.25, 0.3) is 0 Å². The number of nitrogens with one attached hydrogen (secondary N) is 1. The van der Waals surface area contributed by atoms with Crippen LogP contribution in [0.1, 0.15) is 5.56 Å². The summed E-state index contributed by atoms with van der Waals surface area (Å²) in [5.41, 5.74) is 0.771. The summed E-state index contributed by atoms with van der Waals surface area (Å²) in [6.45, 7) is 0. The van der Waals surface area contributed by atoms with Gasteiger partial charge in [-0.15, -0.1) is 0 Å². The lowest BCUT2D eigenvalue weighted by Gasteiger charge is -2.22. The number of rotatable bonds is 6. The molecule has 2 aromatic rings. The van der Waals surface area contributed by atoms with E-state index in [1.807, 2.05) is 30.3 Å². The molecule has 0 fully saturated rings. The highest BCUT2D eigenvalue weighted by atomic mass is 35.5. The van der Waals surface area contributed by atoms with Crippen LogP contribution < -0.4 is 5.32 Å². The van der Waals surface area contributed by atoms with E-state index < -0.39 is 11.0 Å². The highest BCUT2D eigenvalue weighted by Gasteiger charge is 2.23. The van der Waals surface area contributed by atoms with E-state index in [9.17, 15) is 14.9 Å². The number of halogens is 1. The Labute approximate surface area is 144 Å². The van der Waals surface area contributed by atoms with Crippen molar-refractivity contribution in [2.45, 2.75) is 12.5 Å². The fourth-order valence-electron chi connectivity index (χ4n) is 2.16. The molecule has 126 valence electrons. The van der Waals surface area contributed by atoms with E-state index in [4.69, 9.17) is 11.6 Å². The molecule has 0 aliphatic carbocycles. The summed E-state index contributed by atoms with van der Waals surface area (Å²) in [5.74, 6) is 0.0912. The number of carbonyl (C=O) groups excluding carboxylic acids is 1. The summed E-state index contributed by atoms with van der Waals surface area (Å²) in [6, 6.07) is 10.1. The zero-order valence-electron chi connectivity index (χ0n) is 13.3. The topological polar surface area (TPSA) is 88.4 Å². The van der Waals surface area contributed by atoms with Crippen LogP contribution in [-0.2, 0) is 11.2 Å². The average molecular weight is 349 g/mol. The number of anilines is 1. The molecule has 7 nitrogen and oxygen atoms in total. The number of aromatic nitrogens is 1. The molecule has 2 rings (SSSR count). The molecule has 1 N–H and O–H groups in total. The van der Waals surface area contributed by atoms with Gasteiger partial charge >= 0.3 is 0 Å². The fraction of sp³-hybridized carbons (Fsp3) is 0.250. The number of pyridine rings is 1. The maximum Gasteiger partial charge on any atom is 0.289 e. The van der Waals surface area contributed by atoms with Crippen LogP contribution in [0.15, 0.2) is 42.6 Å². The van der Waals surface area contributed by atoms with Gasteiger partial charge in [0.2, 0.25) is 5.91 Å². The molecule has 0 aliphatic rings. The average Bonchev–Trinajstić information content (AvgIpc) is 2.55. The summed E-state index contributed by atoms with van der Waals surface area (Å²) < 4.78 is 0. The molecule has 1 amide bonds. The molecule has 1 aromatic heterocycles. The van der Waals surface area contributed by atoms with Crippen molar-refractivity contribution in [2.75, 3.05) is 19.4 Å². The fourth-order valence-corrected chi connectivity index (χ4v) is 2.38. The first kappa shape index (κ1) is 17.7. The molecular formula is C16H17ClN4O3. The van der Waals surface area contributed by atoms with Gasteiger partial charge in [-0.2, -0.15) is 0 Å². The van der Waals surface area contributed by atoms with Gasteiger partial charge in [0.15, 0.2) is 0 Å². The molecule has 0 spiro atoms. The van der Waals surface area contributed by atoms with Crippen molar-refractivity contribution >= 4 is 29.0 Å². The van der Waals surface area contributed by atoms with Crippen LogP contribution in [-0.4, -0.2) is 40.9 Å². The second-order valence-electron chi connectivity index (χ2n) is 5.40. The first-order valence-corrected chi connectivity index (χ1v) is 7.58. The molecule has 0 aliphatic heterocycles. The van der Waals surface area contributed by atoms with Gasteiger partial charge in [0.1, 0.15) is 18.1 Å². The summed E-state index contributed by atoms with van der Waals surface area (Å²) in [7, 11) is 3.32. The van der Waals surface area contributed by atoms with Crippen LogP contribution >= 0.6 is 11.6 Å². The molecule has 1 atom stereocenters. The smallest absolute Gasteiger partial charge is 0.289 e. The maximum absolute atomic E-state index is 12.4. The predicted molar refractivity (Wildman–Crippen MR) is 92.2 cm³/mol. The minimum absolute atomic E-state index is 0.0915. The van der Waals surface area contributed by atoms with Crippen molar-refractivity contribution in [1.82, 2.24) is 9.88 Å². The third-order valence-electron chi connectivity index (χ3n) is 3.37. The number of hydrogen-bond acceptors (Lipinski definition) is 5. The summed E-state index contributed by atoms with van der Waals surface area (Å²) in [6.07, 6.45) is 1.54. The predicted octanol–water partition coefficient (Wildman–Crippen LogP) is 2.75. The van der Waals surface area contributed by atoms with Gasteiger partial charge in [-0.25, -0.2) is 4.98 Å². The minimum atomic E-state index is -0.589. The number of hydrogen-bond donors (Lipinski definition) is 1. The van der Waals surface area contributed by atoms with Crippen molar-refractivity contribution in [2.24, 2.45) is 0 Å². The first-order chi connectivity index (χ1) is 11.4. The van der Waals surface area contributed by atoms with Crippen LogP contribution in [0.3, 0.4) is 0 Å². The van der Waals surface area contributed by atoms with Gasteiger partial charge in [-0.1, -0.05) is 41.9 Å². The normalized spacial score (nSPS) is 11.6. The van der Waals surface area contributed by atoms with E-state index in [0.717, 1.165) is 11.8 Å². The van der Waals surface area contributed by atoms with Gasteiger partial charge in [-0.05, 0) is 5.56 Å². The van der Waals surface area contributed by atoms with E-state index in [1.54, 1.807) is 14.1 Å². The first-order valence-electron chi connectivity index (χ1n) is 7.20. The minimum Gasteiger partial charge on any atom is -0.357 e. The van der Waals surface area contributed by atoms with E-state index in [0.29, 0.717) is 6.42 Å². The van der Waals surface area contributed by atoms with Crippen molar-refractivity contribution in [3.8, 4) is 0 Å². The standard InChI is InChI=1S/C16H17ClN4O3/c1-20(2)16(22)14(8-11-6-4-3-5-7-11)19-15-13(17)9-12(10-18-15)21(23)24/h3-7,9-10,14H,8H2,1-2H3,(H,18,19)/t14-/m0/s1. The third-order valence-corrected chi connectivity index (χ3v) is 3.66. The van der Waals surface area contributed by atoms with Crippen molar-refractivity contribution in [3.05, 3.63) is 63.3 Å². The third kappa shape index (κ3) is 4.42. The Balaban J connectivity index is 2.25. The zero-order valence-corrected chi connectivity index (χ0v) is 14.0. The number of amides is 1. The number of carbonyl (C=O) groups is 1. The largest absolute Gasteiger partial charge is 0.357 e. The van der Waals surface area contributed by atoms with Crippen LogP contribution in [0, 0.1) is 10.1 Å². The van der Waals surface area contributed by atoms with Crippen LogP contribution in [0.4, 0.5) is 11.5 Å². The Morgan fingerprint density at radius 3 is 2.58 bits per heavy atom. The van der Waals surface area contributed by atoms with Gasteiger partial charge in [0.25, 0.3) is 5.69 Å². The van der Waals surface area contributed by atoms with Crippen LogP contribution in [0.2, 0.25) is 5.02 Å².